The zero-order valence-electron chi connectivity index (χ0n) is 21.9. The fourth-order valence-electron chi connectivity index (χ4n) is 6.61. The molecule has 6 rings (SSSR count). The molecule has 0 fully saturated rings. The molecule has 1 spiro atoms. The summed E-state index contributed by atoms with van der Waals surface area (Å²) in [7, 11) is 2.15. The Morgan fingerprint density at radius 1 is 0.789 bits per heavy atom. The smallest absolute Gasteiger partial charge is 0.173 e. The maximum atomic E-state index is 14.7. The molecule has 4 aromatic carbocycles. The Morgan fingerprint density at radius 2 is 1.37 bits per heavy atom. The Hall–Kier alpha value is -3.69. The molecular formula is C35H30BrNO. The number of fused-ring (bicyclic) bond motifs is 1. The molecule has 0 unspecified atom stereocenters. The van der Waals surface area contributed by atoms with Crippen LogP contribution >= 0.6 is 15.9 Å². The molecule has 0 amide bonds. The normalized spacial score (nSPS) is 21.6. The summed E-state index contributed by atoms with van der Waals surface area (Å²) >= 11 is 3.71. The lowest BCUT2D eigenvalue weighted by molar-refractivity contribution is 0.0885. The highest BCUT2D eigenvalue weighted by atomic mass is 79.9. The molecule has 0 aromatic heterocycles. The van der Waals surface area contributed by atoms with Crippen LogP contribution in [0.4, 0.5) is 5.69 Å². The molecule has 1 heterocycles. The van der Waals surface area contributed by atoms with Gasteiger partial charge < -0.3 is 4.90 Å². The van der Waals surface area contributed by atoms with Gasteiger partial charge in [0.1, 0.15) is 0 Å². The van der Waals surface area contributed by atoms with Gasteiger partial charge in [0.15, 0.2) is 5.78 Å². The maximum Gasteiger partial charge on any atom is 0.173 e. The summed E-state index contributed by atoms with van der Waals surface area (Å²) in [5.41, 5.74) is 6.49. The molecule has 38 heavy (non-hydrogen) atoms. The van der Waals surface area contributed by atoms with Crippen LogP contribution in [0.3, 0.4) is 0 Å². The van der Waals surface area contributed by atoms with E-state index >= 15 is 0 Å². The van der Waals surface area contributed by atoms with Gasteiger partial charge in [-0.3, -0.25) is 4.79 Å². The molecule has 188 valence electrons. The topological polar surface area (TPSA) is 20.3 Å². The number of hydrogen-bond acceptors (Lipinski definition) is 2. The van der Waals surface area contributed by atoms with Crippen molar-refractivity contribution in [3.05, 3.63) is 148 Å². The summed E-state index contributed by atoms with van der Waals surface area (Å²) in [5.74, 6) is -0.290. The van der Waals surface area contributed by atoms with Crippen molar-refractivity contribution in [1.29, 1.82) is 0 Å². The molecule has 2 nitrogen and oxygen atoms in total. The van der Waals surface area contributed by atoms with Crippen molar-refractivity contribution in [2.45, 2.75) is 24.8 Å². The number of carbonyl (C=O) groups excluding carboxylic acids is 1. The molecule has 2 aliphatic rings. The molecule has 0 N–H and O–H groups in total. The van der Waals surface area contributed by atoms with Crippen LogP contribution in [0.1, 0.15) is 40.9 Å². The zero-order chi connectivity index (χ0) is 26.5. The molecule has 0 bridgehead atoms. The van der Waals surface area contributed by atoms with E-state index in [9.17, 15) is 4.79 Å². The van der Waals surface area contributed by atoms with Crippen molar-refractivity contribution in [2.24, 2.45) is 5.92 Å². The van der Waals surface area contributed by atoms with Crippen LogP contribution in [-0.2, 0) is 5.41 Å². The molecule has 4 aromatic rings. The number of halogens is 1. The standard InChI is InChI=1S/C35H30BrNO/c1-34(2)30-22-28(36)19-20-31(30)37(3)35(34)23-27(24-13-7-4-8-14-24)21-29(25-15-9-5-10-16-25)32(35)33(38)26-17-11-6-12-18-26/h4-23,32H,1-3H3/t32-,35+/m0/s1. The van der Waals surface area contributed by atoms with E-state index < -0.39 is 11.5 Å². The third-order valence-electron chi connectivity index (χ3n) is 8.52. The number of Topliss-reactive ketones (excluding diaryl/α,β-unsaturated/α-hetero) is 1. The van der Waals surface area contributed by atoms with Crippen LogP contribution in [0.25, 0.3) is 11.1 Å². The van der Waals surface area contributed by atoms with Crippen LogP contribution in [0.15, 0.2) is 126 Å². The highest BCUT2D eigenvalue weighted by Gasteiger charge is 2.62. The number of nitrogens with zero attached hydrogens (tertiary/aromatic N) is 1. The van der Waals surface area contributed by atoms with Gasteiger partial charge in [-0.2, -0.15) is 0 Å². The van der Waals surface area contributed by atoms with E-state index in [-0.39, 0.29) is 11.2 Å². The maximum absolute atomic E-state index is 14.7. The average molecular weight is 561 g/mol. The first kappa shape index (κ1) is 24.6. The number of carbonyl (C=O) groups is 1. The average Bonchev–Trinajstić information content (AvgIpc) is 3.11. The van der Waals surface area contributed by atoms with Gasteiger partial charge in [-0.05, 0) is 58.2 Å². The van der Waals surface area contributed by atoms with Gasteiger partial charge in [0.2, 0.25) is 0 Å². The fraction of sp³-hybridized carbons (Fsp3) is 0.171. The largest absolute Gasteiger partial charge is 0.363 e. The van der Waals surface area contributed by atoms with Crippen molar-refractivity contribution in [1.82, 2.24) is 0 Å². The van der Waals surface area contributed by atoms with Crippen LogP contribution in [0.5, 0.6) is 0 Å². The van der Waals surface area contributed by atoms with Gasteiger partial charge in [0.05, 0.1) is 11.5 Å². The van der Waals surface area contributed by atoms with Gasteiger partial charge in [0, 0.05) is 28.2 Å². The Labute approximate surface area is 233 Å². The van der Waals surface area contributed by atoms with Gasteiger partial charge in [-0.15, -0.1) is 0 Å². The van der Waals surface area contributed by atoms with Crippen molar-refractivity contribution < 1.29 is 4.79 Å². The molecule has 0 saturated heterocycles. The predicted octanol–water partition coefficient (Wildman–Crippen LogP) is 8.60. The van der Waals surface area contributed by atoms with Gasteiger partial charge >= 0.3 is 0 Å². The summed E-state index contributed by atoms with van der Waals surface area (Å²) in [5, 5.41) is 0. The number of allylic oxidation sites excluding steroid dienone is 2. The molecule has 0 radical (unpaired) electrons. The van der Waals surface area contributed by atoms with Crippen molar-refractivity contribution in [2.75, 3.05) is 11.9 Å². The lowest BCUT2D eigenvalue weighted by Crippen LogP contribution is -2.61. The first-order valence-electron chi connectivity index (χ1n) is 13.0. The van der Waals surface area contributed by atoms with Crippen LogP contribution in [0, 0.1) is 5.92 Å². The SMILES string of the molecule is CN1c2ccc(Br)cc2C(C)(C)[C@]12C=C(c1ccccc1)C=C(c1ccccc1)[C@H]2C(=O)c1ccccc1. The van der Waals surface area contributed by atoms with E-state index in [0.29, 0.717) is 0 Å². The minimum Gasteiger partial charge on any atom is -0.363 e. The fourth-order valence-corrected chi connectivity index (χ4v) is 6.97. The van der Waals surface area contributed by atoms with Gasteiger partial charge in [0.25, 0.3) is 0 Å². The van der Waals surface area contributed by atoms with Crippen LogP contribution < -0.4 is 4.90 Å². The van der Waals surface area contributed by atoms with E-state index in [1.165, 1.54) is 5.56 Å². The predicted molar refractivity (Wildman–Crippen MR) is 161 cm³/mol. The number of benzene rings is 4. The third kappa shape index (κ3) is 3.64. The minimum absolute atomic E-state index is 0.135. The second-order valence-corrected chi connectivity index (χ2v) is 11.7. The van der Waals surface area contributed by atoms with Gasteiger partial charge in [-0.1, -0.05) is 121 Å². The molecule has 1 aliphatic heterocycles. The second-order valence-electron chi connectivity index (χ2n) is 10.8. The first-order chi connectivity index (χ1) is 18.3. The van der Waals surface area contributed by atoms with Gasteiger partial charge in [-0.25, -0.2) is 0 Å². The van der Waals surface area contributed by atoms with E-state index in [1.54, 1.807) is 0 Å². The summed E-state index contributed by atoms with van der Waals surface area (Å²) in [4.78, 5) is 17.1. The number of anilines is 1. The van der Waals surface area contributed by atoms with Crippen molar-refractivity contribution >= 4 is 38.5 Å². The summed E-state index contributed by atoms with van der Waals surface area (Å²) in [6.07, 6.45) is 4.61. The Balaban J connectivity index is 1.69. The lowest BCUT2D eigenvalue weighted by Gasteiger charge is -2.52. The summed E-state index contributed by atoms with van der Waals surface area (Å²) < 4.78 is 1.04. The zero-order valence-corrected chi connectivity index (χ0v) is 23.4. The highest BCUT2D eigenvalue weighted by Crippen LogP contribution is 2.60. The summed E-state index contributed by atoms with van der Waals surface area (Å²) in [6, 6.07) is 37.2. The molecule has 3 heteroatoms. The monoisotopic (exact) mass is 559 g/mol. The molecular weight excluding hydrogens is 530 g/mol. The molecule has 0 saturated carbocycles. The Morgan fingerprint density at radius 3 is 2.00 bits per heavy atom. The first-order valence-corrected chi connectivity index (χ1v) is 13.8. The van der Waals surface area contributed by atoms with E-state index in [2.05, 4.69) is 121 Å². The van der Waals surface area contributed by atoms with E-state index in [0.717, 1.165) is 38.0 Å². The second kappa shape index (κ2) is 9.25. The lowest BCUT2D eigenvalue weighted by atomic mass is 9.57. The minimum atomic E-state index is -0.645. The Bertz CT molecular complexity index is 1570. The number of rotatable bonds is 4. The molecule has 1 aliphatic carbocycles. The quantitative estimate of drug-likeness (QED) is 0.233. The number of likely N-dealkylation sites (N-methyl/N-ethyl adjacent to an activating group) is 1. The third-order valence-corrected chi connectivity index (χ3v) is 9.02. The van der Waals surface area contributed by atoms with Crippen molar-refractivity contribution in [3.8, 4) is 0 Å². The van der Waals surface area contributed by atoms with E-state index in [1.807, 2.05) is 42.5 Å². The number of ketones is 1. The number of hydrogen-bond donors (Lipinski definition) is 0. The highest BCUT2D eigenvalue weighted by molar-refractivity contribution is 9.10. The summed E-state index contributed by atoms with van der Waals surface area (Å²) in [6.45, 7) is 4.58. The van der Waals surface area contributed by atoms with Crippen LogP contribution in [0.2, 0.25) is 0 Å². The Kier molecular flexibility index (Phi) is 6.00. The van der Waals surface area contributed by atoms with Crippen molar-refractivity contribution in [3.63, 3.8) is 0 Å². The molecule has 2 atom stereocenters. The van der Waals surface area contributed by atoms with Crippen LogP contribution in [-0.4, -0.2) is 18.4 Å². The van der Waals surface area contributed by atoms with E-state index in [4.69, 9.17) is 0 Å².